The Morgan fingerprint density at radius 1 is 1.36 bits per heavy atom. The number of aromatic nitrogens is 1. The number of rotatable bonds is 1. The van der Waals surface area contributed by atoms with Crippen LogP contribution in [0.5, 0.6) is 0 Å². The molecule has 0 unspecified atom stereocenters. The lowest BCUT2D eigenvalue weighted by atomic mass is 10.1. The average molecular weight is 158 g/mol. The van der Waals surface area contributed by atoms with Crippen LogP contribution in [0.1, 0.15) is 18.5 Å². The van der Waals surface area contributed by atoms with Gasteiger partial charge in [0.1, 0.15) is 0 Å². The fraction of sp³-hybridized carbons (Fsp3) is 0.286. The zero-order valence-corrected chi connectivity index (χ0v) is 6.01. The second kappa shape index (κ2) is 2.92. The predicted molar refractivity (Wildman–Crippen MR) is 36.8 cm³/mol. The summed E-state index contributed by atoms with van der Waals surface area (Å²) >= 11 is 0. The Balaban J connectivity index is 3.08. The summed E-state index contributed by atoms with van der Waals surface area (Å²) in [7, 11) is 0. The van der Waals surface area contributed by atoms with Gasteiger partial charge in [0.25, 0.3) is 0 Å². The van der Waals surface area contributed by atoms with Gasteiger partial charge in [-0.1, -0.05) is 0 Å². The van der Waals surface area contributed by atoms with Crippen molar-refractivity contribution in [2.45, 2.75) is 13.0 Å². The maximum absolute atomic E-state index is 12.4. The van der Waals surface area contributed by atoms with E-state index in [1.54, 1.807) is 6.92 Å². The number of nitrogens with zero attached hydrogens (tertiary/aromatic N) is 1. The summed E-state index contributed by atoms with van der Waals surface area (Å²) in [5, 5.41) is 0. The smallest absolute Gasteiger partial charge is 0.215 e. The molecule has 60 valence electrons. The third kappa shape index (κ3) is 1.94. The van der Waals surface area contributed by atoms with Gasteiger partial charge in [0.15, 0.2) is 0 Å². The number of hydrogen-bond acceptors (Lipinski definition) is 2. The van der Waals surface area contributed by atoms with E-state index in [0.29, 0.717) is 5.56 Å². The van der Waals surface area contributed by atoms with Gasteiger partial charge >= 0.3 is 0 Å². The van der Waals surface area contributed by atoms with Crippen molar-refractivity contribution < 1.29 is 8.78 Å². The van der Waals surface area contributed by atoms with Crippen LogP contribution in [0.15, 0.2) is 12.1 Å². The lowest BCUT2D eigenvalue weighted by Gasteiger charge is -2.03. The molecule has 0 aliphatic rings. The molecule has 1 rings (SSSR count). The molecule has 0 saturated heterocycles. The predicted octanol–water partition coefficient (Wildman–Crippen LogP) is 1.38. The van der Waals surface area contributed by atoms with Crippen LogP contribution < -0.4 is 5.73 Å². The van der Waals surface area contributed by atoms with Crippen molar-refractivity contribution in [3.63, 3.8) is 0 Å². The molecule has 1 atom stereocenters. The van der Waals surface area contributed by atoms with Crippen molar-refractivity contribution in [2.75, 3.05) is 0 Å². The van der Waals surface area contributed by atoms with Crippen molar-refractivity contribution in [2.24, 2.45) is 5.73 Å². The van der Waals surface area contributed by atoms with Crippen molar-refractivity contribution in [3.8, 4) is 0 Å². The summed E-state index contributed by atoms with van der Waals surface area (Å²) in [4.78, 5) is 2.93. The molecule has 0 aromatic carbocycles. The van der Waals surface area contributed by atoms with E-state index in [0.717, 1.165) is 12.1 Å². The van der Waals surface area contributed by atoms with E-state index >= 15 is 0 Å². The first-order valence-electron chi connectivity index (χ1n) is 3.18. The van der Waals surface area contributed by atoms with Crippen LogP contribution in [0.25, 0.3) is 0 Å². The average Bonchev–Trinajstić information content (AvgIpc) is 1.85. The van der Waals surface area contributed by atoms with E-state index in [9.17, 15) is 8.78 Å². The molecular weight excluding hydrogens is 150 g/mol. The van der Waals surface area contributed by atoms with E-state index < -0.39 is 11.9 Å². The largest absolute Gasteiger partial charge is 0.324 e. The van der Waals surface area contributed by atoms with Gasteiger partial charge in [-0.3, -0.25) is 0 Å². The fourth-order valence-corrected chi connectivity index (χ4v) is 0.746. The van der Waals surface area contributed by atoms with Crippen LogP contribution in [0.2, 0.25) is 0 Å². The van der Waals surface area contributed by atoms with Crippen LogP contribution in [0, 0.1) is 11.9 Å². The minimum absolute atomic E-state index is 0.373. The Morgan fingerprint density at radius 2 is 1.82 bits per heavy atom. The van der Waals surface area contributed by atoms with Gasteiger partial charge in [-0.2, -0.15) is 13.8 Å². The maximum atomic E-state index is 12.4. The van der Waals surface area contributed by atoms with Gasteiger partial charge in [-0.25, -0.2) is 0 Å². The monoisotopic (exact) mass is 158 g/mol. The van der Waals surface area contributed by atoms with Crippen LogP contribution >= 0.6 is 0 Å². The molecule has 0 spiro atoms. The molecule has 0 aliphatic heterocycles. The Hall–Kier alpha value is -1.03. The molecule has 0 fully saturated rings. The summed E-state index contributed by atoms with van der Waals surface area (Å²) in [6, 6.07) is 1.86. The highest BCUT2D eigenvalue weighted by Crippen LogP contribution is 2.10. The number of pyridine rings is 1. The highest BCUT2D eigenvalue weighted by Gasteiger charge is 2.04. The summed E-state index contributed by atoms with van der Waals surface area (Å²) in [5.41, 5.74) is 5.80. The molecule has 2 N–H and O–H groups in total. The standard InChI is InChI=1S/C7H8F2N2/c1-4(10)5-2-6(8)11-7(9)3-5/h2-4H,10H2,1H3/t4-/m1/s1. The molecule has 1 aromatic rings. The number of hydrogen-bond donors (Lipinski definition) is 1. The van der Waals surface area contributed by atoms with Gasteiger partial charge in [-0.15, -0.1) is 0 Å². The molecule has 0 amide bonds. The first-order valence-corrected chi connectivity index (χ1v) is 3.18. The summed E-state index contributed by atoms with van der Waals surface area (Å²) in [6.45, 7) is 1.65. The first kappa shape index (κ1) is 8.07. The van der Waals surface area contributed by atoms with Crippen LogP contribution in [-0.2, 0) is 0 Å². The lowest BCUT2D eigenvalue weighted by Crippen LogP contribution is -2.06. The quantitative estimate of drug-likeness (QED) is 0.627. The van der Waals surface area contributed by atoms with E-state index in [4.69, 9.17) is 5.73 Å². The van der Waals surface area contributed by atoms with Crippen LogP contribution in [-0.4, -0.2) is 4.98 Å². The van der Waals surface area contributed by atoms with Crippen LogP contribution in [0.3, 0.4) is 0 Å². The van der Waals surface area contributed by atoms with Crippen molar-refractivity contribution in [3.05, 3.63) is 29.6 Å². The molecule has 0 bridgehead atoms. The minimum Gasteiger partial charge on any atom is -0.324 e. The normalized spacial score (nSPS) is 13.1. The lowest BCUT2D eigenvalue weighted by molar-refractivity contribution is 0.507. The fourth-order valence-electron chi connectivity index (χ4n) is 0.746. The second-order valence-corrected chi connectivity index (χ2v) is 2.33. The third-order valence-electron chi connectivity index (χ3n) is 1.31. The molecule has 1 heterocycles. The molecule has 2 nitrogen and oxygen atoms in total. The van der Waals surface area contributed by atoms with Crippen LogP contribution in [0.4, 0.5) is 8.78 Å². The molecule has 4 heteroatoms. The third-order valence-corrected chi connectivity index (χ3v) is 1.31. The Bertz CT molecular complexity index is 240. The molecule has 0 saturated carbocycles. The number of nitrogens with two attached hydrogens (primary N) is 1. The Kier molecular flexibility index (Phi) is 2.14. The number of halogens is 2. The maximum Gasteiger partial charge on any atom is 0.215 e. The van der Waals surface area contributed by atoms with Gasteiger partial charge in [0.2, 0.25) is 11.9 Å². The SMILES string of the molecule is C[C@@H](N)c1cc(F)nc(F)c1. The van der Waals surface area contributed by atoms with Crippen molar-refractivity contribution in [1.29, 1.82) is 0 Å². The first-order chi connectivity index (χ1) is 5.09. The van der Waals surface area contributed by atoms with Crippen molar-refractivity contribution in [1.82, 2.24) is 4.98 Å². The minimum atomic E-state index is -0.836. The molecule has 11 heavy (non-hydrogen) atoms. The zero-order chi connectivity index (χ0) is 8.43. The molecular formula is C7H8F2N2. The second-order valence-electron chi connectivity index (χ2n) is 2.33. The van der Waals surface area contributed by atoms with Gasteiger partial charge < -0.3 is 5.73 Å². The van der Waals surface area contributed by atoms with E-state index in [-0.39, 0.29) is 6.04 Å². The summed E-state index contributed by atoms with van der Waals surface area (Å²) in [6.07, 6.45) is 0. The molecule has 1 aromatic heterocycles. The van der Waals surface area contributed by atoms with Gasteiger partial charge in [0.05, 0.1) is 0 Å². The van der Waals surface area contributed by atoms with Gasteiger partial charge in [-0.05, 0) is 24.6 Å². The summed E-state index contributed by atoms with van der Waals surface area (Å²) < 4.78 is 24.8. The van der Waals surface area contributed by atoms with E-state index in [2.05, 4.69) is 4.98 Å². The highest BCUT2D eigenvalue weighted by atomic mass is 19.1. The topological polar surface area (TPSA) is 38.9 Å². The molecule has 0 radical (unpaired) electrons. The highest BCUT2D eigenvalue weighted by molar-refractivity contribution is 5.15. The zero-order valence-electron chi connectivity index (χ0n) is 6.01. The van der Waals surface area contributed by atoms with E-state index in [1.165, 1.54) is 0 Å². The summed E-state index contributed by atoms with van der Waals surface area (Å²) in [5.74, 6) is -1.67. The van der Waals surface area contributed by atoms with E-state index in [1.807, 2.05) is 0 Å². The van der Waals surface area contributed by atoms with Crippen molar-refractivity contribution >= 4 is 0 Å². The Labute approximate surface area is 63.1 Å². The Morgan fingerprint density at radius 3 is 2.18 bits per heavy atom. The molecule has 0 aliphatic carbocycles. The van der Waals surface area contributed by atoms with Gasteiger partial charge in [0, 0.05) is 6.04 Å².